The molecule has 0 aromatic carbocycles. The van der Waals surface area contributed by atoms with Crippen molar-refractivity contribution in [3.8, 4) is 6.07 Å². The van der Waals surface area contributed by atoms with Crippen molar-refractivity contribution >= 4 is 5.82 Å². The van der Waals surface area contributed by atoms with Gasteiger partial charge in [0.25, 0.3) is 0 Å². The third-order valence-corrected chi connectivity index (χ3v) is 3.89. The van der Waals surface area contributed by atoms with Crippen molar-refractivity contribution in [2.45, 2.75) is 46.0 Å². The number of hydrogen-bond acceptors (Lipinski definition) is 4. The van der Waals surface area contributed by atoms with Crippen molar-refractivity contribution < 1.29 is 0 Å². The smallest absolute Gasteiger partial charge is 0.166 e. The van der Waals surface area contributed by atoms with Crippen molar-refractivity contribution in [2.24, 2.45) is 5.92 Å². The van der Waals surface area contributed by atoms with Gasteiger partial charge in [0.15, 0.2) is 5.82 Å². The highest BCUT2D eigenvalue weighted by molar-refractivity contribution is 5.56. The lowest BCUT2D eigenvalue weighted by Crippen LogP contribution is -2.18. The lowest BCUT2D eigenvalue weighted by molar-refractivity contribution is 0.503. The minimum absolute atomic E-state index is 0.629. The molecule has 0 aliphatic heterocycles. The topological polar surface area (TPSA) is 61.6 Å². The van der Waals surface area contributed by atoms with Gasteiger partial charge in [0, 0.05) is 6.54 Å². The van der Waals surface area contributed by atoms with Crippen LogP contribution in [0.3, 0.4) is 0 Å². The predicted molar refractivity (Wildman–Crippen MR) is 80.5 cm³/mol. The van der Waals surface area contributed by atoms with Crippen LogP contribution in [0.5, 0.6) is 0 Å². The molecule has 1 heterocycles. The Labute approximate surface area is 120 Å². The van der Waals surface area contributed by atoms with Gasteiger partial charge in [0.1, 0.15) is 11.6 Å². The number of aryl methyl sites for hydroxylation is 1. The quantitative estimate of drug-likeness (QED) is 0.834. The maximum absolute atomic E-state index is 9.42. The zero-order valence-corrected chi connectivity index (χ0v) is 12.3. The second-order valence-electron chi connectivity index (χ2n) is 5.20. The second kappa shape index (κ2) is 7.04. The monoisotopic (exact) mass is 270 g/mol. The van der Waals surface area contributed by atoms with E-state index >= 15 is 0 Å². The molecule has 0 fully saturated rings. The molecule has 0 radical (unpaired) electrons. The van der Waals surface area contributed by atoms with Gasteiger partial charge in [-0.15, -0.1) is 5.10 Å². The molecule has 1 unspecified atom stereocenters. The molecule has 1 aliphatic rings. The molecule has 0 bridgehead atoms. The maximum Gasteiger partial charge on any atom is 0.166 e. The van der Waals surface area contributed by atoms with Crippen molar-refractivity contribution in [1.29, 1.82) is 5.26 Å². The number of nitriles is 1. The van der Waals surface area contributed by atoms with Crippen LogP contribution in [0.2, 0.25) is 0 Å². The highest BCUT2D eigenvalue weighted by atomic mass is 15.2. The fraction of sp³-hybridized carbons (Fsp3) is 0.562. The van der Waals surface area contributed by atoms with Crippen LogP contribution >= 0.6 is 0 Å². The molecule has 4 heteroatoms. The lowest BCUT2D eigenvalue weighted by Gasteiger charge is -2.19. The average molecular weight is 270 g/mol. The van der Waals surface area contributed by atoms with Crippen LogP contribution in [0.1, 0.15) is 49.9 Å². The molecule has 1 aromatic rings. The summed E-state index contributed by atoms with van der Waals surface area (Å²) in [4.78, 5) is 0. The van der Waals surface area contributed by atoms with Gasteiger partial charge in [0.05, 0.1) is 5.69 Å². The van der Waals surface area contributed by atoms with Crippen molar-refractivity contribution in [2.75, 3.05) is 11.9 Å². The first-order valence-corrected chi connectivity index (χ1v) is 7.47. The third kappa shape index (κ3) is 3.16. The van der Waals surface area contributed by atoms with Gasteiger partial charge in [0.2, 0.25) is 0 Å². The molecule has 1 atom stereocenters. The first-order valence-electron chi connectivity index (χ1n) is 7.47. The summed E-state index contributed by atoms with van der Waals surface area (Å²) in [7, 11) is 0. The Balaban J connectivity index is 2.15. The summed E-state index contributed by atoms with van der Waals surface area (Å²) in [5, 5.41) is 21.2. The Kier molecular flexibility index (Phi) is 5.11. The predicted octanol–water partition coefficient (Wildman–Crippen LogP) is 3.24. The molecule has 0 spiro atoms. The molecule has 0 amide bonds. The van der Waals surface area contributed by atoms with Gasteiger partial charge in [-0.2, -0.15) is 10.4 Å². The minimum atomic E-state index is 0.629. The molecule has 0 saturated heterocycles. The summed E-state index contributed by atoms with van der Waals surface area (Å²) in [6, 6.07) is 2.30. The summed E-state index contributed by atoms with van der Waals surface area (Å²) in [6.45, 7) is 4.97. The van der Waals surface area contributed by atoms with E-state index in [2.05, 4.69) is 40.7 Å². The highest BCUT2D eigenvalue weighted by Crippen LogP contribution is 2.22. The van der Waals surface area contributed by atoms with E-state index in [0.717, 1.165) is 43.5 Å². The number of nitrogens with zero attached hydrogens (tertiary/aromatic N) is 3. The maximum atomic E-state index is 9.42. The van der Waals surface area contributed by atoms with E-state index in [-0.39, 0.29) is 0 Å². The van der Waals surface area contributed by atoms with Crippen LogP contribution in [0.15, 0.2) is 12.2 Å². The van der Waals surface area contributed by atoms with Gasteiger partial charge in [-0.3, -0.25) is 0 Å². The number of aromatic nitrogens is 2. The van der Waals surface area contributed by atoms with Gasteiger partial charge < -0.3 is 5.32 Å². The Morgan fingerprint density at radius 1 is 1.30 bits per heavy atom. The van der Waals surface area contributed by atoms with Crippen LogP contribution in [0.4, 0.5) is 5.82 Å². The van der Waals surface area contributed by atoms with Crippen LogP contribution in [0.25, 0.3) is 0 Å². The Morgan fingerprint density at radius 3 is 2.75 bits per heavy atom. The van der Waals surface area contributed by atoms with Crippen LogP contribution in [0, 0.1) is 17.2 Å². The Bertz CT molecular complexity index is 528. The van der Waals surface area contributed by atoms with Crippen LogP contribution < -0.4 is 5.32 Å². The van der Waals surface area contributed by atoms with Crippen LogP contribution in [-0.2, 0) is 12.8 Å². The fourth-order valence-electron chi connectivity index (χ4n) is 2.70. The van der Waals surface area contributed by atoms with Gasteiger partial charge >= 0.3 is 0 Å². The van der Waals surface area contributed by atoms with E-state index in [1.54, 1.807) is 0 Å². The molecular weight excluding hydrogens is 248 g/mol. The van der Waals surface area contributed by atoms with Crippen molar-refractivity contribution in [3.63, 3.8) is 0 Å². The third-order valence-electron chi connectivity index (χ3n) is 3.89. The summed E-state index contributed by atoms with van der Waals surface area (Å²) in [5.41, 5.74) is 2.65. The number of anilines is 1. The zero-order chi connectivity index (χ0) is 14.4. The molecule has 20 heavy (non-hydrogen) atoms. The molecule has 1 aliphatic carbocycles. The average Bonchev–Trinajstić information content (AvgIpc) is 2.52. The molecule has 2 rings (SSSR count). The van der Waals surface area contributed by atoms with Gasteiger partial charge in [-0.25, -0.2) is 0 Å². The summed E-state index contributed by atoms with van der Waals surface area (Å²) >= 11 is 0. The summed E-state index contributed by atoms with van der Waals surface area (Å²) in [6.07, 6.45) is 9.58. The van der Waals surface area contributed by atoms with E-state index < -0.39 is 0 Å². The van der Waals surface area contributed by atoms with Gasteiger partial charge in [-0.1, -0.05) is 26.0 Å². The molecule has 106 valence electrons. The number of nitrogens with one attached hydrogen (secondary N) is 1. The van der Waals surface area contributed by atoms with E-state index in [4.69, 9.17) is 0 Å². The first-order chi connectivity index (χ1) is 9.80. The van der Waals surface area contributed by atoms with Crippen LogP contribution in [-0.4, -0.2) is 16.7 Å². The Hall–Kier alpha value is -1.89. The largest absolute Gasteiger partial charge is 0.367 e. The lowest BCUT2D eigenvalue weighted by atomic mass is 9.94. The number of rotatable bonds is 5. The second-order valence-corrected chi connectivity index (χ2v) is 5.20. The molecule has 1 aromatic heterocycles. The van der Waals surface area contributed by atoms with E-state index in [1.807, 2.05) is 6.92 Å². The molecular formula is C16H22N4. The van der Waals surface area contributed by atoms with E-state index in [0.29, 0.717) is 17.3 Å². The number of hydrogen-bond donors (Lipinski definition) is 1. The fourth-order valence-corrected chi connectivity index (χ4v) is 2.70. The van der Waals surface area contributed by atoms with E-state index in [9.17, 15) is 5.26 Å². The highest BCUT2D eigenvalue weighted by Gasteiger charge is 2.16. The minimum Gasteiger partial charge on any atom is -0.367 e. The molecule has 1 N–H and O–H groups in total. The van der Waals surface area contributed by atoms with Crippen molar-refractivity contribution in [1.82, 2.24) is 10.2 Å². The van der Waals surface area contributed by atoms with Gasteiger partial charge in [-0.05, 0) is 43.6 Å². The molecule has 0 saturated carbocycles. The van der Waals surface area contributed by atoms with E-state index in [1.165, 1.54) is 6.42 Å². The Morgan fingerprint density at radius 2 is 2.15 bits per heavy atom. The normalized spacial score (nSPS) is 17.8. The summed E-state index contributed by atoms with van der Waals surface area (Å²) < 4.78 is 0. The molecule has 4 nitrogen and oxygen atoms in total. The summed E-state index contributed by atoms with van der Waals surface area (Å²) in [5.74, 6) is 1.28. The zero-order valence-electron chi connectivity index (χ0n) is 12.3. The standard InChI is InChI=1S/C16H22N4/c1-3-13-14(10-17)16(20-19-15(13)4-2)18-11-12-8-6-5-7-9-12/h5-6,12H,3-4,7-9,11H2,1-2H3,(H,18,20). The van der Waals surface area contributed by atoms with Crippen molar-refractivity contribution in [3.05, 3.63) is 29.0 Å². The SMILES string of the molecule is CCc1nnc(NCC2CC=CCC2)c(C#N)c1CC. The number of allylic oxidation sites excluding steroid dienone is 2. The first kappa shape index (κ1) is 14.5.